The summed E-state index contributed by atoms with van der Waals surface area (Å²) in [6.07, 6.45) is 2.88. The molecule has 40 heavy (non-hydrogen) atoms. The van der Waals surface area contributed by atoms with Gasteiger partial charge in [0.15, 0.2) is 16.6 Å². The van der Waals surface area contributed by atoms with Crippen LogP contribution in [0.4, 0.5) is 5.69 Å². The van der Waals surface area contributed by atoms with Gasteiger partial charge < -0.3 is 14.8 Å². The third-order valence-electron chi connectivity index (χ3n) is 5.78. The predicted octanol–water partition coefficient (Wildman–Crippen LogP) is 4.60. The van der Waals surface area contributed by atoms with E-state index in [0.29, 0.717) is 28.3 Å². The van der Waals surface area contributed by atoms with E-state index in [1.54, 1.807) is 60.7 Å². The molecule has 0 radical (unpaired) electrons. The molecule has 3 amide bonds. The van der Waals surface area contributed by atoms with Gasteiger partial charge >= 0.3 is 0 Å². The summed E-state index contributed by atoms with van der Waals surface area (Å²) in [6.45, 7) is 6.33. The summed E-state index contributed by atoms with van der Waals surface area (Å²) in [5, 5.41) is 5.17. The van der Waals surface area contributed by atoms with Crippen molar-refractivity contribution < 1.29 is 23.9 Å². The molecule has 0 saturated heterocycles. The van der Waals surface area contributed by atoms with Crippen LogP contribution in [0.1, 0.15) is 52.6 Å². The van der Waals surface area contributed by atoms with Crippen LogP contribution in [0.3, 0.4) is 0 Å². The minimum absolute atomic E-state index is 0.000403. The smallest absolute Gasteiger partial charge is 0.269 e. The SMILES string of the molecule is COc1ccc(C=CC(=O)NC(=S)NNC(=O)c2ccc(NC(=O)c3ccc(C(C)(C)C)cc3)cc2)cc1OC. The van der Waals surface area contributed by atoms with Gasteiger partial charge in [0.2, 0.25) is 5.91 Å². The van der Waals surface area contributed by atoms with E-state index in [1.165, 1.54) is 20.3 Å². The summed E-state index contributed by atoms with van der Waals surface area (Å²) in [4.78, 5) is 37.2. The summed E-state index contributed by atoms with van der Waals surface area (Å²) in [6, 6.07) is 19.0. The Morgan fingerprint density at radius 1 is 0.775 bits per heavy atom. The number of amides is 3. The molecule has 0 aliphatic heterocycles. The van der Waals surface area contributed by atoms with E-state index in [4.69, 9.17) is 21.7 Å². The summed E-state index contributed by atoms with van der Waals surface area (Å²) in [7, 11) is 3.06. The number of thiocarbonyl (C=S) groups is 1. The minimum atomic E-state index is -0.491. The Morgan fingerprint density at radius 2 is 1.38 bits per heavy atom. The van der Waals surface area contributed by atoms with E-state index in [-0.39, 0.29) is 16.4 Å². The first-order chi connectivity index (χ1) is 19.0. The molecular formula is C30H32N4O5S. The molecule has 0 aliphatic rings. The highest BCUT2D eigenvalue weighted by Crippen LogP contribution is 2.28. The Labute approximate surface area is 238 Å². The number of hydrogen-bond donors (Lipinski definition) is 4. The standard InChI is InChI=1S/C30H32N4O5S/c1-30(2,3)22-12-8-20(9-13-22)27(36)31-23-14-10-21(11-15-23)28(37)33-34-29(40)32-26(35)17-7-19-6-16-24(38-4)25(18-19)39-5/h6-18H,1-5H3,(H,31,36)(H,33,37)(H2,32,34,35,40). The van der Waals surface area contributed by atoms with Crippen LogP contribution in [0.15, 0.2) is 72.8 Å². The van der Waals surface area contributed by atoms with Gasteiger partial charge in [-0.2, -0.15) is 0 Å². The fourth-order valence-electron chi connectivity index (χ4n) is 3.53. The normalized spacial score (nSPS) is 10.9. The first-order valence-corrected chi connectivity index (χ1v) is 12.7. The van der Waals surface area contributed by atoms with Crippen LogP contribution in [-0.4, -0.2) is 37.1 Å². The Balaban J connectivity index is 1.47. The second-order valence-corrected chi connectivity index (χ2v) is 10.1. The Hall–Kier alpha value is -4.70. The molecule has 3 rings (SSSR count). The fourth-order valence-corrected chi connectivity index (χ4v) is 3.68. The van der Waals surface area contributed by atoms with Crippen molar-refractivity contribution in [1.29, 1.82) is 0 Å². The number of benzene rings is 3. The van der Waals surface area contributed by atoms with Gasteiger partial charge in [0.05, 0.1) is 14.2 Å². The van der Waals surface area contributed by atoms with Gasteiger partial charge in [0.25, 0.3) is 11.8 Å². The largest absolute Gasteiger partial charge is 0.493 e. The van der Waals surface area contributed by atoms with Gasteiger partial charge in [-0.1, -0.05) is 39.0 Å². The molecule has 0 aliphatic carbocycles. The summed E-state index contributed by atoms with van der Waals surface area (Å²) in [5.41, 5.74) is 8.16. The molecule has 0 unspecified atom stereocenters. The summed E-state index contributed by atoms with van der Waals surface area (Å²) < 4.78 is 10.4. The van der Waals surface area contributed by atoms with Crippen molar-refractivity contribution >= 4 is 46.8 Å². The highest BCUT2D eigenvalue weighted by Gasteiger charge is 2.15. The molecule has 208 valence electrons. The van der Waals surface area contributed by atoms with E-state index in [0.717, 1.165) is 11.1 Å². The van der Waals surface area contributed by atoms with Crippen molar-refractivity contribution in [2.24, 2.45) is 0 Å². The predicted molar refractivity (Wildman–Crippen MR) is 159 cm³/mol. The van der Waals surface area contributed by atoms with Gasteiger partial charge in [-0.3, -0.25) is 30.6 Å². The van der Waals surface area contributed by atoms with Crippen molar-refractivity contribution in [1.82, 2.24) is 16.2 Å². The minimum Gasteiger partial charge on any atom is -0.493 e. The number of carbonyl (C=O) groups excluding carboxylic acids is 3. The van der Waals surface area contributed by atoms with Gasteiger partial charge in [0.1, 0.15) is 0 Å². The Morgan fingerprint density at radius 3 is 1.98 bits per heavy atom. The first-order valence-electron chi connectivity index (χ1n) is 12.3. The number of methoxy groups -OCH3 is 2. The van der Waals surface area contributed by atoms with Crippen LogP contribution < -0.4 is 31.0 Å². The Kier molecular flexibility index (Phi) is 9.99. The zero-order chi connectivity index (χ0) is 29.3. The number of rotatable bonds is 7. The Bertz CT molecular complexity index is 1410. The average Bonchev–Trinajstić information content (AvgIpc) is 2.94. The molecular weight excluding hydrogens is 528 g/mol. The van der Waals surface area contributed by atoms with Crippen molar-refractivity contribution in [2.75, 3.05) is 19.5 Å². The van der Waals surface area contributed by atoms with Crippen molar-refractivity contribution in [3.05, 3.63) is 95.1 Å². The number of nitrogens with one attached hydrogen (secondary N) is 4. The maximum Gasteiger partial charge on any atom is 0.269 e. The molecule has 0 heterocycles. The fraction of sp³-hybridized carbons (Fsp3) is 0.200. The van der Waals surface area contributed by atoms with Crippen LogP contribution in [-0.2, 0) is 10.2 Å². The monoisotopic (exact) mass is 560 g/mol. The quantitative estimate of drug-likeness (QED) is 0.190. The third-order valence-corrected chi connectivity index (χ3v) is 5.98. The average molecular weight is 561 g/mol. The molecule has 0 aromatic heterocycles. The molecule has 0 fully saturated rings. The molecule has 9 nitrogen and oxygen atoms in total. The molecule has 3 aromatic rings. The molecule has 0 atom stereocenters. The molecule has 4 N–H and O–H groups in total. The lowest BCUT2D eigenvalue weighted by Crippen LogP contribution is -2.48. The number of anilines is 1. The lowest BCUT2D eigenvalue weighted by molar-refractivity contribution is -0.115. The number of ether oxygens (including phenoxy) is 2. The number of hydrazine groups is 1. The van der Waals surface area contributed by atoms with Crippen molar-refractivity contribution in [3.8, 4) is 11.5 Å². The van der Waals surface area contributed by atoms with E-state index < -0.39 is 11.8 Å². The van der Waals surface area contributed by atoms with Gasteiger partial charge in [-0.25, -0.2) is 0 Å². The third kappa shape index (κ3) is 8.40. The first kappa shape index (κ1) is 29.9. The molecule has 10 heteroatoms. The lowest BCUT2D eigenvalue weighted by atomic mass is 9.87. The summed E-state index contributed by atoms with van der Waals surface area (Å²) >= 11 is 5.07. The maximum atomic E-state index is 12.6. The second-order valence-electron chi connectivity index (χ2n) is 9.70. The molecule has 0 spiro atoms. The van der Waals surface area contributed by atoms with Crippen LogP contribution in [0.5, 0.6) is 11.5 Å². The van der Waals surface area contributed by atoms with Gasteiger partial charge in [-0.15, -0.1) is 0 Å². The highest BCUT2D eigenvalue weighted by atomic mass is 32.1. The molecule has 0 saturated carbocycles. The van der Waals surface area contributed by atoms with E-state index in [2.05, 4.69) is 42.3 Å². The maximum absolute atomic E-state index is 12.6. The second kappa shape index (κ2) is 13.4. The van der Waals surface area contributed by atoms with Gasteiger partial charge in [-0.05, 0) is 83.4 Å². The lowest BCUT2D eigenvalue weighted by Gasteiger charge is -2.19. The topological polar surface area (TPSA) is 118 Å². The number of hydrogen-bond acceptors (Lipinski definition) is 6. The van der Waals surface area contributed by atoms with E-state index in [9.17, 15) is 14.4 Å². The van der Waals surface area contributed by atoms with Crippen molar-refractivity contribution in [2.45, 2.75) is 26.2 Å². The highest BCUT2D eigenvalue weighted by molar-refractivity contribution is 7.80. The van der Waals surface area contributed by atoms with Crippen LogP contribution in [0.25, 0.3) is 6.08 Å². The molecule has 0 bridgehead atoms. The van der Waals surface area contributed by atoms with E-state index >= 15 is 0 Å². The number of carbonyl (C=O) groups is 3. The van der Waals surface area contributed by atoms with Crippen LogP contribution in [0.2, 0.25) is 0 Å². The zero-order valence-electron chi connectivity index (χ0n) is 23.0. The zero-order valence-corrected chi connectivity index (χ0v) is 23.8. The summed E-state index contributed by atoms with van der Waals surface area (Å²) in [5.74, 6) is -0.110. The van der Waals surface area contributed by atoms with Crippen molar-refractivity contribution in [3.63, 3.8) is 0 Å². The van der Waals surface area contributed by atoms with E-state index in [1.807, 2.05) is 12.1 Å². The molecule has 3 aromatic carbocycles. The van der Waals surface area contributed by atoms with Gasteiger partial charge in [0, 0.05) is 22.9 Å². The van der Waals surface area contributed by atoms with Crippen LogP contribution in [0, 0.1) is 0 Å². The van der Waals surface area contributed by atoms with Crippen LogP contribution >= 0.6 is 12.2 Å².